The van der Waals surface area contributed by atoms with Gasteiger partial charge in [-0.3, -0.25) is 10.9 Å². The monoisotopic (exact) mass is 404 g/mol. The summed E-state index contributed by atoms with van der Waals surface area (Å²) in [6, 6.07) is 16.2. The fourth-order valence-electron chi connectivity index (χ4n) is 3.50. The van der Waals surface area contributed by atoms with Crippen molar-refractivity contribution < 1.29 is 10.9 Å². The molecule has 1 aliphatic heterocycles. The van der Waals surface area contributed by atoms with E-state index in [-0.39, 0.29) is 1.43 Å². The summed E-state index contributed by atoms with van der Waals surface area (Å²) < 4.78 is 10.8. The first-order valence-electron chi connectivity index (χ1n) is 9.80. The lowest BCUT2D eigenvalue weighted by atomic mass is 10.0. The number of nitrogens with one attached hydrogen (secondary N) is 3. The van der Waals surface area contributed by atoms with E-state index in [1.807, 2.05) is 30.3 Å². The Labute approximate surface area is 178 Å². The standard InChI is InChI=1S/C24H26N4O2.H2/c1-14-7-6-8-21(16(14)3)25-24-26-23-15(2)9-17(12-22(23)27-28-24)18-10-19(29-4)13-20(11-18)30-5;/h6-13,27H,1-5H3,(H2,25,26,28);1H. The third kappa shape index (κ3) is 3.76. The van der Waals surface area contributed by atoms with Gasteiger partial charge in [0.15, 0.2) is 0 Å². The van der Waals surface area contributed by atoms with E-state index in [0.29, 0.717) is 5.96 Å². The Balaban J connectivity index is 0.00000272. The average Bonchev–Trinajstić information content (AvgIpc) is 2.76. The van der Waals surface area contributed by atoms with E-state index in [0.717, 1.165) is 45.3 Å². The number of guanidine groups is 1. The molecule has 0 amide bonds. The van der Waals surface area contributed by atoms with Crippen LogP contribution in [0.3, 0.4) is 0 Å². The molecule has 156 valence electrons. The zero-order valence-corrected chi connectivity index (χ0v) is 17.9. The van der Waals surface area contributed by atoms with Gasteiger partial charge < -0.3 is 14.8 Å². The van der Waals surface area contributed by atoms with Crippen molar-refractivity contribution in [2.45, 2.75) is 20.8 Å². The van der Waals surface area contributed by atoms with E-state index in [4.69, 9.17) is 14.5 Å². The van der Waals surface area contributed by atoms with Crippen LogP contribution in [0.5, 0.6) is 11.5 Å². The van der Waals surface area contributed by atoms with Gasteiger partial charge in [0.05, 0.1) is 25.6 Å². The molecule has 6 nitrogen and oxygen atoms in total. The number of hydrogen-bond donors (Lipinski definition) is 3. The molecule has 3 aromatic rings. The summed E-state index contributed by atoms with van der Waals surface area (Å²) in [4.78, 5) is 4.80. The topological polar surface area (TPSA) is 66.9 Å². The quantitative estimate of drug-likeness (QED) is 0.530. The van der Waals surface area contributed by atoms with Crippen molar-refractivity contribution in [1.29, 1.82) is 0 Å². The van der Waals surface area contributed by atoms with Gasteiger partial charge in [-0.25, -0.2) is 4.99 Å². The zero-order valence-electron chi connectivity index (χ0n) is 17.9. The minimum atomic E-state index is 0. The van der Waals surface area contributed by atoms with Crippen molar-refractivity contribution in [1.82, 2.24) is 5.43 Å². The maximum atomic E-state index is 5.41. The molecule has 0 aromatic heterocycles. The Morgan fingerprint density at radius 3 is 2.23 bits per heavy atom. The van der Waals surface area contributed by atoms with Gasteiger partial charge in [-0.05, 0) is 78.9 Å². The minimum absolute atomic E-state index is 0. The summed E-state index contributed by atoms with van der Waals surface area (Å²) in [7, 11) is 3.31. The number of hydrazine groups is 1. The van der Waals surface area contributed by atoms with Crippen LogP contribution in [0.4, 0.5) is 17.1 Å². The number of fused-ring (bicyclic) bond motifs is 1. The molecule has 3 N–H and O–H groups in total. The third-order valence-electron chi connectivity index (χ3n) is 5.38. The van der Waals surface area contributed by atoms with Crippen LogP contribution in [0.2, 0.25) is 0 Å². The van der Waals surface area contributed by atoms with Crippen molar-refractivity contribution in [2.24, 2.45) is 4.99 Å². The Morgan fingerprint density at radius 2 is 1.53 bits per heavy atom. The van der Waals surface area contributed by atoms with Gasteiger partial charge in [0.1, 0.15) is 11.5 Å². The van der Waals surface area contributed by atoms with Gasteiger partial charge in [0.25, 0.3) is 0 Å². The van der Waals surface area contributed by atoms with Gasteiger partial charge in [0.2, 0.25) is 5.96 Å². The van der Waals surface area contributed by atoms with E-state index in [2.05, 4.69) is 55.1 Å². The molecule has 0 saturated heterocycles. The molecule has 0 bridgehead atoms. The van der Waals surface area contributed by atoms with Gasteiger partial charge >= 0.3 is 0 Å². The summed E-state index contributed by atoms with van der Waals surface area (Å²) >= 11 is 0. The van der Waals surface area contributed by atoms with Gasteiger partial charge in [-0.15, -0.1) is 0 Å². The molecular formula is C24H28N4O2. The van der Waals surface area contributed by atoms with Crippen molar-refractivity contribution in [2.75, 3.05) is 25.0 Å². The number of rotatable bonds is 4. The molecule has 0 aliphatic carbocycles. The second kappa shape index (κ2) is 7.99. The third-order valence-corrected chi connectivity index (χ3v) is 5.38. The van der Waals surface area contributed by atoms with E-state index in [1.54, 1.807) is 14.2 Å². The highest BCUT2D eigenvalue weighted by atomic mass is 16.5. The largest absolute Gasteiger partial charge is 0.497 e. The second-order valence-electron chi connectivity index (χ2n) is 7.37. The highest BCUT2D eigenvalue weighted by molar-refractivity contribution is 6.00. The summed E-state index contributed by atoms with van der Waals surface area (Å²) in [6.07, 6.45) is 0. The predicted octanol–water partition coefficient (Wildman–Crippen LogP) is 5.57. The SMILES string of the molecule is COc1cc(OC)cc(-c2cc(C)c3c(c2)NNC(Nc2cccc(C)c2C)=N3)c1.[HH]. The normalized spacial score (nSPS) is 12.2. The van der Waals surface area contributed by atoms with Crippen LogP contribution < -0.4 is 25.6 Å². The zero-order chi connectivity index (χ0) is 21.3. The predicted molar refractivity (Wildman–Crippen MR) is 125 cm³/mol. The van der Waals surface area contributed by atoms with Gasteiger partial charge in [-0.2, -0.15) is 0 Å². The minimum Gasteiger partial charge on any atom is -0.497 e. The van der Waals surface area contributed by atoms with E-state index >= 15 is 0 Å². The molecule has 30 heavy (non-hydrogen) atoms. The van der Waals surface area contributed by atoms with Crippen LogP contribution in [0.15, 0.2) is 53.5 Å². The first-order valence-corrected chi connectivity index (χ1v) is 9.80. The van der Waals surface area contributed by atoms with Crippen molar-refractivity contribution >= 4 is 23.0 Å². The maximum Gasteiger partial charge on any atom is 0.220 e. The van der Waals surface area contributed by atoms with E-state index in [9.17, 15) is 0 Å². The molecule has 0 spiro atoms. The molecule has 0 fully saturated rings. The molecule has 4 rings (SSSR count). The molecular weight excluding hydrogens is 376 g/mol. The van der Waals surface area contributed by atoms with Crippen molar-refractivity contribution in [3.8, 4) is 22.6 Å². The van der Waals surface area contributed by atoms with E-state index < -0.39 is 0 Å². The summed E-state index contributed by atoms with van der Waals surface area (Å²) in [6.45, 7) is 6.26. The number of aryl methyl sites for hydroxylation is 2. The van der Waals surface area contributed by atoms with Gasteiger partial charge in [0, 0.05) is 13.2 Å². The Morgan fingerprint density at radius 1 is 0.833 bits per heavy atom. The summed E-state index contributed by atoms with van der Waals surface area (Å²) in [5.41, 5.74) is 14.9. The highest BCUT2D eigenvalue weighted by Crippen LogP contribution is 2.38. The van der Waals surface area contributed by atoms with Gasteiger partial charge in [-0.1, -0.05) is 12.1 Å². The lowest BCUT2D eigenvalue weighted by Crippen LogP contribution is -2.37. The molecule has 1 heterocycles. The highest BCUT2D eigenvalue weighted by Gasteiger charge is 2.16. The molecule has 0 radical (unpaired) electrons. The average molecular weight is 405 g/mol. The summed E-state index contributed by atoms with van der Waals surface area (Å²) in [5.74, 6) is 2.17. The molecule has 3 aromatic carbocycles. The fraction of sp³-hybridized carbons (Fsp3) is 0.208. The number of methoxy groups -OCH3 is 2. The number of hydrogen-bond acceptors (Lipinski definition) is 6. The Hall–Kier alpha value is -3.67. The number of nitrogens with zero attached hydrogens (tertiary/aromatic N) is 1. The molecule has 0 unspecified atom stereocenters. The first kappa shape index (κ1) is 19.6. The number of aliphatic imine (C=N–C) groups is 1. The van der Waals surface area contributed by atoms with E-state index in [1.165, 1.54) is 11.1 Å². The lowest BCUT2D eigenvalue weighted by molar-refractivity contribution is 0.394. The van der Waals surface area contributed by atoms with Crippen LogP contribution >= 0.6 is 0 Å². The van der Waals surface area contributed by atoms with Crippen molar-refractivity contribution in [3.05, 3.63) is 65.2 Å². The number of benzene rings is 3. The van der Waals surface area contributed by atoms with Crippen LogP contribution in [0.25, 0.3) is 11.1 Å². The Bertz CT molecular complexity index is 1120. The molecule has 0 atom stereocenters. The molecule has 0 saturated carbocycles. The smallest absolute Gasteiger partial charge is 0.220 e. The Kier molecular flexibility index (Phi) is 5.23. The fourth-order valence-corrected chi connectivity index (χ4v) is 3.50. The van der Waals surface area contributed by atoms with Crippen LogP contribution in [-0.2, 0) is 0 Å². The number of ether oxygens (including phenoxy) is 2. The lowest BCUT2D eigenvalue weighted by Gasteiger charge is -2.23. The van der Waals surface area contributed by atoms with Crippen molar-refractivity contribution in [3.63, 3.8) is 0 Å². The van der Waals surface area contributed by atoms with Crippen LogP contribution in [0, 0.1) is 20.8 Å². The molecule has 1 aliphatic rings. The molecule has 6 heteroatoms. The maximum absolute atomic E-state index is 5.41. The number of anilines is 2. The summed E-state index contributed by atoms with van der Waals surface area (Å²) in [5, 5.41) is 3.38. The van der Waals surface area contributed by atoms with Crippen LogP contribution in [-0.4, -0.2) is 20.2 Å². The van der Waals surface area contributed by atoms with Crippen LogP contribution in [0.1, 0.15) is 18.1 Å². The first-order chi connectivity index (χ1) is 14.5. The second-order valence-corrected chi connectivity index (χ2v) is 7.37.